The van der Waals surface area contributed by atoms with Gasteiger partial charge < -0.3 is 10.6 Å². The van der Waals surface area contributed by atoms with E-state index < -0.39 is 0 Å². The second-order valence-electron chi connectivity index (χ2n) is 5.34. The Hall–Kier alpha value is 1.78. The van der Waals surface area contributed by atoms with Crippen molar-refractivity contribution in [2.45, 2.75) is 50.6 Å². The standard InChI is InChI=1S/C12H22N2.K.2H2O2.O.V/c1-3-9-5-6-10-4-2-8-14-12(10)11(9)13-7-1;;2*1-2;;/h9-14H,1-8H2;;2*1-2H;;/q;+1;;;;. The van der Waals surface area contributed by atoms with Crippen molar-refractivity contribution in [1.29, 1.82) is 0 Å². The van der Waals surface area contributed by atoms with Crippen LogP contribution in [-0.2, 0) is 21.0 Å². The first-order chi connectivity index (χ1) is 9.95. The Morgan fingerprint density at radius 2 is 1.05 bits per heavy atom. The van der Waals surface area contributed by atoms with Crippen molar-refractivity contribution in [1.82, 2.24) is 10.6 Å². The molecule has 2 aliphatic heterocycles. The summed E-state index contributed by atoms with van der Waals surface area (Å²) >= 11 is 1.06. The van der Waals surface area contributed by atoms with Crippen molar-refractivity contribution in [2.75, 3.05) is 13.1 Å². The van der Waals surface area contributed by atoms with Gasteiger partial charge in [-0.15, -0.1) is 0 Å². The van der Waals surface area contributed by atoms with E-state index in [-0.39, 0.29) is 51.4 Å². The van der Waals surface area contributed by atoms with Crippen molar-refractivity contribution in [3.8, 4) is 0 Å². The molecular weight excluding hydrogens is 342 g/mol. The Bertz CT molecular complexity index is 222. The van der Waals surface area contributed by atoms with E-state index in [0.717, 1.165) is 41.3 Å². The van der Waals surface area contributed by atoms with Crippen LogP contribution in [0.2, 0.25) is 0 Å². The van der Waals surface area contributed by atoms with Gasteiger partial charge >= 0.3 is 72.4 Å². The quantitative estimate of drug-likeness (QED) is 0.174. The number of hydrogen-bond donors (Lipinski definition) is 6. The summed E-state index contributed by atoms with van der Waals surface area (Å²) in [5.74, 6) is 1.96. The van der Waals surface area contributed by atoms with Crippen molar-refractivity contribution in [3.63, 3.8) is 0 Å². The van der Waals surface area contributed by atoms with Crippen LogP contribution in [0.4, 0.5) is 0 Å². The van der Waals surface area contributed by atoms with E-state index >= 15 is 0 Å². The van der Waals surface area contributed by atoms with Gasteiger partial charge in [0.1, 0.15) is 0 Å². The Morgan fingerprint density at radius 3 is 1.38 bits per heavy atom. The predicted molar refractivity (Wildman–Crippen MR) is 69.5 cm³/mol. The van der Waals surface area contributed by atoms with Gasteiger partial charge in [-0.3, -0.25) is 21.0 Å². The van der Waals surface area contributed by atoms with Crippen LogP contribution in [0.25, 0.3) is 0 Å². The molecule has 21 heavy (non-hydrogen) atoms. The van der Waals surface area contributed by atoms with Crippen molar-refractivity contribution in [3.05, 3.63) is 0 Å². The number of rotatable bonds is 0. The van der Waals surface area contributed by atoms with Gasteiger partial charge in [-0.25, -0.2) is 0 Å². The molecule has 1 aliphatic carbocycles. The molecule has 2 heterocycles. The van der Waals surface area contributed by atoms with Crippen LogP contribution in [0, 0.1) is 11.8 Å². The summed E-state index contributed by atoms with van der Waals surface area (Å²) in [7, 11) is 0. The topological polar surface area (TPSA) is 122 Å². The van der Waals surface area contributed by atoms with Gasteiger partial charge in [-0.1, -0.05) is 0 Å². The number of fused-ring (bicyclic) bond motifs is 3. The molecule has 0 aromatic carbocycles. The third-order valence-corrected chi connectivity index (χ3v) is 4.57. The van der Waals surface area contributed by atoms with Gasteiger partial charge in [0, 0.05) is 12.1 Å². The fourth-order valence-corrected chi connectivity index (χ4v) is 3.87. The van der Waals surface area contributed by atoms with E-state index in [9.17, 15) is 0 Å². The van der Waals surface area contributed by atoms with Crippen molar-refractivity contribution >= 4 is 0 Å². The molecule has 0 aromatic rings. The molecule has 2 saturated heterocycles. The number of hydrogen-bond acceptors (Lipinski definition) is 7. The molecule has 0 spiro atoms. The zero-order chi connectivity index (χ0) is 15.4. The first-order valence-electron chi connectivity index (χ1n) is 7.00. The summed E-state index contributed by atoms with van der Waals surface area (Å²) in [6, 6.07) is 1.62. The molecule has 4 atom stereocenters. The molecule has 0 amide bonds. The first kappa shape index (κ1) is 25.0. The SMILES string of the molecule is C1CNC2C(C1)CCC1CCCNC12.OO.OO.[K+].[O]=[V]. The normalized spacial score (nSPS) is 32.7. The van der Waals surface area contributed by atoms with Gasteiger partial charge in [0.2, 0.25) is 0 Å². The van der Waals surface area contributed by atoms with E-state index in [2.05, 4.69) is 10.6 Å². The summed E-state index contributed by atoms with van der Waals surface area (Å²) in [4.78, 5) is 0. The molecule has 4 unspecified atom stereocenters. The Labute approximate surface area is 177 Å². The minimum absolute atomic E-state index is 0. The maximum atomic E-state index is 8.19. The van der Waals surface area contributed by atoms with Gasteiger partial charge in [-0.2, -0.15) is 0 Å². The zero-order valence-electron chi connectivity index (χ0n) is 12.6. The van der Waals surface area contributed by atoms with Gasteiger partial charge in [0.05, 0.1) is 0 Å². The van der Waals surface area contributed by atoms with Gasteiger partial charge in [0.25, 0.3) is 0 Å². The fourth-order valence-electron chi connectivity index (χ4n) is 3.87. The Balaban J connectivity index is 0. The Morgan fingerprint density at radius 1 is 0.714 bits per heavy atom. The molecular formula is C12H26KN2O5V+. The number of nitrogens with one attached hydrogen (secondary N) is 2. The van der Waals surface area contributed by atoms with Crippen LogP contribution in [0.15, 0.2) is 0 Å². The summed E-state index contributed by atoms with van der Waals surface area (Å²) in [6.45, 7) is 2.51. The van der Waals surface area contributed by atoms with Crippen LogP contribution < -0.4 is 62.0 Å². The van der Waals surface area contributed by atoms with Crippen LogP contribution in [0.3, 0.4) is 0 Å². The van der Waals surface area contributed by atoms with Gasteiger partial charge in [0.15, 0.2) is 0 Å². The van der Waals surface area contributed by atoms with Crippen LogP contribution in [-0.4, -0.2) is 46.2 Å². The molecule has 0 bridgehead atoms. The molecule has 7 nitrogen and oxygen atoms in total. The monoisotopic (exact) mass is 368 g/mol. The molecule has 3 rings (SSSR count). The average Bonchev–Trinajstić information content (AvgIpc) is 2.60. The van der Waals surface area contributed by atoms with E-state index in [1.54, 1.807) is 0 Å². The van der Waals surface area contributed by atoms with E-state index in [4.69, 9.17) is 24.7 Å². The third-order valence-electron chi connectivity index (χ3n) is 4.57. The molecule has 0 aromatic heterocycles. The van der Waals surface area contributed by atoms with Crippen molar-refractivity contribution < 1.29 is 93.5 Å². The summed E-state index contributed by atoms with van der Waals surface area (Å²) in [5.41, 5.74) is 0. The predicted octanol–water partition coefficient (Wildman–Crippen LogP) is -1.57. The van der Waals surface area contributed by atoms with Crippen LogP contribution in [0.1, 0.15) is 38.5 Å². The van der Waals surface area contributed by atoms with Crippen LogP contribution >= 0.6 is 0 Å². The molecule has 1 saturated carbocycles. The van der Waals surface area contributed by atoms with E-state index in [0.29, 0.717) is 0 Å². The van der Waals surface area contributed by atoms with Crippen LogP contribution in [0.5, 0.6) is 0 Å². The molecule has 3 aliphatic rings. The van der Waals surface area contributed by atoms with Crippen molar-refractivity contribution in [2.24, 2.45) is 11.8 Å². The molecule has 3 fully saturated rings. The third kappa shape index (κ3) is 7.93. The maximum absolute atomic E-state index is 8.19. The fraction of sp³-hybridized carbons (Fsp3) is 1.00. The first-order valence-corrected chi connectivity index (χ1v) is 7.57. The Kier molecular flexibility index (Phi) is 19.8. The number of piperidine rings is 2. The molecule has 119 valence electrons. The minimum atomic E-state index is 0. The second kappa shape index (κ2) is 16.6. The summed E-state index contributed by atoms with van der Waals surface area (Å²) in [6.07, 6.45) is 8.73. The second-order valence-corrected chi connectivity index (χ2v) is 5.34. The van der Waals surface area contributed by atoms with E-state index in [1.807, 2.05) is 0 Å². The molecule has 9 heteroatoms. The van der Waals surface area contributed by atoms with E-state index in [1.165, 1.54) is 51.6 Å². The average molecular weight is 368 g/mol. The summed E-state index contributed by atoms with van der Waals surface area (Å²) < 4.78 is 8.19. The molecule has 0 radical (unpaired) electrons. The molecule has 6 N–H and O–H groups in total. The zero-order valence-corrected chi connectivity index (χ0v) is 17.1. The van der Waals surface area contributed by atoms with Gasteiger partial charge in [-0.05, 0) is 63.5 Å². The summed E-state index contributed by atoms with van der Waals surface area (Å²) in [5, 5.41) is 31.5.